The van der Waals surface area contributed by atoms with Crippen molar-refractivity contribution in [2.24, 2.45) is 5.92 Å². The molecule has 0 saturated carbocycles. The summed E-state index contributed by atoms with van der Waals surface area (Å²) in [7, 11) is 1.74. The van der Waals surface area contributed by atoms with E-state index < -0.39 is 5.97 Å². The van der Waals surface area contributed by atoms with Gasteiger partial charge >= 0.3 is 5.97 Å². The normalized spacial score (nSPS) is 18.9. The average molecular weight is 340 g/mol. The number of hydrogen-bond acceptors (Lipinski definition) is 3. The molecule has 1 atom stereocenters. The number of hydrogen-bond donors (Lipinski definition) is 1. The molecular weight excluding hydrogens is 322 g/mol. The molecule has 1 fully saturated rings. The zero-order valence-electron chi connectivity index (χ0n) is 11.4. The minimum atomic E-state index is -0.938. The summed E-state index contributed by atoms with van der Waals surface area (Å²) in [5.74, 6) is -0.356. The maximum absolute atomic E-state index is 10.5. The fraction of sp³-hybridized carbons (Fsp3) is 0.400. The molecule has 4 nitrogen and oxygen atoms in total. The molecule has 2 rings (SSSR count). The van der Waals surface area contributed by atoms with Crippen molar-refractivity contribution < 1.29 is 14.6 Å². The molecule has 20 heavy (non-hydrogen) atoms. The molecule has 0 radical (unpaired) electrons. The minimum Gasteiger partial charge on any atom is -0.478 e. The van der Waals surface area contributed by atoms with Gasteiger partial charge in [-0.05, 0) is 46.1 Å². The van der Waals surface area contributed by atoms with Gasteiger partial charge in [-0.15, -0.1) is 0 Å². The van der Waals surface area contributed by atoms with Crippen molar-refractivity contribution in [1.29, 1.82) is 0 Å². The Morgan fingerprint density at radius 2 is 2.40 bits per heavy atom. The summed E-state index contributed by atoms with van der Waals surface area (Å²) >= 11 is 3.57. The molecule has 0 aromatic heterocycles. The average Bonchev–Trinajstić information content (AvgIpc) is 2.85. The SMILES string of the molecule is COCC1CCN(c2ccc(/C=C/C(=O)O)cc2Br)C1. The number of ether oxygens (including phenoxy) is 1. The van der Waals surface area contributed by atoms with Crippen LogP contribution in [0.4, 0.5) is 5.69 Å². The Morgan fingerprint density at radius 3 is 3.05 bits per heavy atom. The van der Waals surface area contributed by atoms with E-state index in [2.05, 4.69) is 20.8 Å². The largest absolute Gasteiger partial charge is 0.478 e. The van der Waals surface area contributed by atoms with Crippen LogP contribution in [0.3, 0.4) is 0 Å². The molecule has 1 unspecified atom stereocenters. The van der Waals surface area contributed by atoms with Crippen molar-refractivity contribution in [3.63, 3.8) is 0 Å². The van der Waals surface area contributed by atoms with E-state index in [1.54, 1.807) is 13.2 Å². The lowest BCUT2D eigenvalue weighted by molar-refractivity contribution is -0.131. The lowest BCUT2D eigenvalue weighted by Crippen LogP contribution is -2.21. The van der Waals surface area contributed by atoms with Crippen LogP contribution in [0.2, 0.25) is 0 Å². The van der Waals surface area contributed by atoms with Crippen LogP contribution in [0.25, 0.3) is 6.08 Å². The summed E-state index contributed by atoms with van der Waals surface area (Å²) in [6.07, 6.45) is 3.88. The maximum atomic E-state index is 10.5. The molecule has 1 aromatic rings. The highest BCUT2D eigenvalue weighted by Gasteiger charge is 2.23. The highest BCUT2D eigenvalue weighted by Crippen LogP contribution is 2.31. The van der Waals surface area contributed by atoms with E-state index in [4.69, 9.17) is 9.84 Å². The first-order chi connectivity index (χ1) is 9.60. The predicted octanol–water partition coefficient (Wildman–Crippen LogP) is 3.02. The van der Waals surface area contributed by atoms with Gasteiger partial charge in [-0.2, -0.15) is 0 Å². The Balaban J connectivity index is 2.08. The summed E-state index contributed by atoms with van der Waals surface area (Å²) in [5.41, 5.74) is 2.02. The highest BCUT2D eigenvalue weighted by molar-refractivity contribution is 9.10. The standard InChI is InChI=1S/C15H18BrNO3/c1-20-10-12-6-7-17(9-12)14-4-2-11(8-13(14)16)3-5-15(18)19/h2-5,8,12H,6-7,9-10H2,1H3,(H,18,19)/b5-3+. The Hall–Kier alpha value is -1.33. The smallest absolute Gasteiger partial charge is 0.328 e. The number of carboxylic acids is 1. The van der Waals surface area contributed by atoms with Gasteiger partial charge in [0.15, 0.2) is 0 Å². The lowest BCUT2D eigenvalue weighted by atomic mass is 10.1. The first kappa shape index (κ1) is 15.1. The quantitative estimate of drug-likeness (QED) is 0.837. The van der Waals surface area contributed by atoms with Gasteiger partial charge in [0.05, 0.1) is 12.3 Å². The number of halogens is 1. The van der Waals surface area contributed by atoms with Crippen molar-refractivity contribution in [3.8, 4) is 0 Å². The highest BCUT2D eigenvalue weighted by atomic mass is 79.9. The third-order valence-electron chi connectivity index (χ3n) is 3.42. The monoisotopic (exact) mass is 339 g/mol. The third-order valence-corrected chi connectivity index (χ3v) is 4.05. The fourth-order valence-electron chi connectivity index (χ4n) is 2.47. The first-order valence-electron chi connectivity index (χ1n) is 6.54. The van der Waals surface area contributed by atoms with Crippen LogP contribution in [0.15, 0.2) is 28.7 Å². The zero-order chi connectivity index (χ0) is 14.5. The number of carbonyl (C=O) groups is 1. The van der Waals surface area contributed by atoms with Crippen molar-refractivity contribution in [2.45, 2.75) is 6.42 Å². The number of nitrogens with zero attached hydrogens (tertiary/aromatic N) is 1. The molecule has 1 N–H and O–H groups in total. The topological polar surface area (TPSA) is 49.8 Å². The number of anilines is 1. The Labute approximate surface area is 127 Å². The van der Waals surface area contributed by atoms with Crippen molar-refractivity contribution >= 4 is 33.7 Å². The van der Waals surface area contributed by atoms with Gasteiger partial charge in [-0.25, -0.2) is 4.79 Å². The van der Waals surface area contributed by atoms with Crippen molar-refractivity contribution in [2.75, 3.05) is 31.7 Å². The van der Waals surface area contributed by atoms with Crippen LogP contribution in [0, 0.1) is 5.92 Å². The molecule has 0 spiro atoms. The molecule has 1 aliphatic heterocycles. The molecule has 0 aliphatic carbocycles. The van der Waals surface area contributed by atoms with Crippen LogP contribution in [0.1, 0.15) is 12.0 Å². The second-order valence-corrected chi connectivity index (χ2v) is 5.79. The number of benzene rings is 1. The van der Waals surface area contributed by atoms with Crippen LogP contribution < -0.4 is 4.90 Å². The molecule has 0 amide bonds. The summed E-state index contributed by atoms with van der Waals surface area (Å²) in [6.45, 7) is 2.82. The van der Waals surface area contributed by atoms with E-state index in [1.807, 2.05) is 18.2 Å². The summed E-state index contributed by atoms with van der Waals surface area (Å²) in [4.78, 5) is 12.8. The molecule has 0 bridgehead atoms. The van der Waals surface area contributed by atoms with E-state index in [0.717, 1.165) is 47.9 Å². The van der Waals surface area contributed by atoms with E-state index in [-0.39, 0.29) is 0 Å². The molecule has 108 valence electrons. The van der Waals surface area contributed by atoms with Crippen LogP contribution >= 0.6 is 15.9 Å². The first-order valence-corrected chi connectivity index (χ1v) is 7.34. The van der Waals surface area contributed by atoms with Crippen LogP contribution in [-0.4, -0.2) is 37.9 Å². The van der Waals surface area contributed by atoms with Crippen LogP contribution in [0.5, 0.6) is 0 Å². The zero-order valence-corrected chi connectivity index (χ0v) is 13.0. The molecule has 1 heterocycles. The van der Waals surface area contributed by atoms with Gasteiger partial charge in [0.1, 0.15) is 0 Å². The second kappa shape index (κ2) is 6.90. The van der Waals surface area contributed by atoms with Gasteiger partial charge in [-0.3, -0.25) is 0 Å². The van der Waals surface area contributed by atoms with E-state index in [0.29, 0.717) is 5.92 Å². The molecule has 1 aromatic carbocycles. The molecule has 5 heteroatoms. The molecular formula is C15H18BrNO3. The number of aliphatic carboxylic acids is 1. The summed E-state index contributed by atoms with van der Waals surface area (Å²) in [6, 6.07) is 5.91. The van der Waals surface area contributed by atoms with Gasteiger partial charge in [0, 0.05) is 36.7 Å². The maximum Gasteiger partial charge on any atom is 0.328 e. The van der Waals surface area contributed by atoms with E-state index in [9.17, 15) is 4.79 Å². The summed E-state index contributed by atoms with van der Waals surface area (Å²) < 4.78 is 6.20. The van der Waals surface area contributed by atoms with Gasteiger partial charge in [-0.1, -0.05) is 6.07 Å². The van der Waals surface area contributed by atoms with Gasteiger partial charge < -0.3 is 14.7 Å². The van der Waals surface area contributed by atoms with E-state index in [1.165, 1.54) is 0 Å². The van der Waals surface area contributed by atoms with Gasteiger partial charge in [0.2, 0.25) is 0 Å². The summed E-state index contributed by atoms with van der Waals surface area (Å²) in [5, 5.41) is 8.63. The Kier molecular flexibility index (Phi) is 5.20. The second-order valence-electron chi connectivity index (χ2n) is 4.94. The minimum absolute atomic E-state index is 0.582. The number of carboxylic acid groups (broad SMARTS) is 1. The fourth-order valence-corrected chi connectivity index (χ4v) is 3.12. The van der Waals surface area contributed by atoms with Gasteiger partial charge in [0.25, 0.3) is 0 Å². The number of methoxy groups -OCH3 is 1. The van der Waals surface area contributed by atoms with Crippen molar-refractivity contribution in [1.82, 2.24) is 0 Å². The predicted molar refractivity (Wildman–Crippen MR) is 83.0 cm³/mol. The molecule has 1 saturated heterocycles. The third kappa shape index (κ3) is 3.84. The molecule has 1 aliphatic rings. The Morgan fingerprint density at radius 1 is 1.60 bits per heavy atom. The van der Waals surface area contributed by atoms with E-state index >= 15 is 0 Å². The Bertz CT molecular complexity index is 516. The number of rotatable bonds is 5. The lowest BCUT2D eigenvalue weighted by Gasteiger charge is -2.20. The van der Waals surface area contributed by atoms with Crippen LogP contribution in [-0.2, 0) is 9.53 Å². The van der Waals surface area contributed by atoms with Crippen molar-refractivity contribution in [3.05, 3.63) is 34.3 Å².